The summed E-state index contributed by atoms with van der Waals surface area (Å²) in [6.07, 6.45) is 0.710. The smallest absolute Gasteiger partial charge is 0.305 e. The highest BCUT2D eigenvalue weighted by atomic mass is 16.5. The molecule has 0 radical (unpaired) electrons. The fourth-order valence-corrected chi connectivity index (χ4v) is 3.77. The molecule has 0 bridgehead atoms. The zero-order valence-corrected chi connectivity index (χ0v) is 20.6. The van der Waals surface area contributed by atoms with Crippen LogP contribution in [0.1, 0.15) is 31.9 Å². The van der Waals surface area contributed by atoms with Crippen LogP contribution in [-0.2, 0) is 4.79 Å². The van der Waals surface area contributed by atoms with Gasteiger partial charge in [-0.1, -0.05) is 12.1 Å². The number of fused-ring (bicyclic) bond motifs is 1. The summed E-state index contributed by atoms with van der Waals surface area (Å²) in [5.41, 5.74) is -0.342. The number of ether oxygens (including phenoxy) is 4. The molecule has 1 aromatic heterocycles. The highest BCUT2D eigenvalue weighted by Crippen LogP contribution is 2.36. The molecule has 192 valence electrons. The van der Waals surface area contributed by atoms with Gasteiger partial charge in [-0.25, -0.2) is 9.97 Å². The van der Waals surface area contributed by atoms with Crippen LogP contribution in [0, 0.1) is 0 Å². The number of methoxy groups -OCH3 is 2. The molecule has 1 atom stereocenters. The molecule has 37 heavy (non-hydrogen) atoms. The van der Waals surface area contributed by atoms with Crippen LogP contribution in [0.25, 0.3) is 10.9 Å². The molecule has 4 aromatic rings. The van der Waals surface area contributed by atoms with E-state index in [-0.39, 0.29) is 29.8 Å². The molecule has 2 N–H and O–H groups in total. The maximum atomic E-state index is 12.1. The number of carboxylic acid groups (broad SMARTS) is 1. The topological polar surface area (TPSA) is 146 Å². The average molecular weight is 507 g/mol. The number of carboxylic acids is 1. The third kappa shape index (κ3) is 5.30. The zero-order valence-electron chi connectivity index (χ0n) is 20.6. The number of hydrogen-bond acceptors (Lipinski definition) is 10. The monoisotopic (exact) mass is 507 g/mol. The van der Waals surface area contributed by atoms with Gasteiger partial charge in [0.1, 0.15) is 17.8 Å². The molecule has 0 saturated heterocycles. The van der Waals surface area contributed by atoms with Gasteiger partial charge in [-0.3, -0.25) is 14.4 Å². The first-order chi connectivity index (χ1) is 17.7. The van der Waals surface area contributed by atoms with E-state index in [9.17, 15) is 19.5 Å². The largest absolute Gasteiger partial charge is 0.493 e. The lowest BCUT2D eigenvalue weighted by molar-refractivity contribution is -0.137. The molecule has 0 aliphatic carbocycles. The third-order valence-corrected chi connectivity index (χ3v) is 5.52. The Morgan fingerprint density at radius 2 is 1.68 bits per heavy atom. The Labute approximate surface area is 211 Å². The van der Waals surface area contributed by atoms with Gasteiger partial charge in [0.15, 0.2) is 17.2 Å². The van der Waals surface area contributed by atoms with Gasteiger partial charge >= 0.3 is 5.97 Å². The first-order valence-electron chi connectivity index (χ1n) is 11.3. The van der Waals surface area contributed by atoms with Crippen molar-refractivity contribution in [2.24, 2.45) is 0 Å². The summed E-state index contributed by atoms with van der Waals surface area (Å²) in [4.78, 5) is 44.0. The highest BCUT2D eigenvalue weighted by molar-refractivity contribution is 5.87. The molecule has 0 spiro atoms. The molecule has 3 aromatic carbocycles. The molecule has 11 nitrogen and oxygen atoms in total. The Bertz CT molecular complexity index is 1510. The van der Waals surface area contributed by atoms with Gasteiger partial charge in [0.25, 0.3) is 10.9 Å². The Morgan fingerprint density at radius 3 is 2.30 bits per heavy atom. The Morgan fingerprint density at radius 1 is 1.00 bits per heavy atom. The van der Waals surface area contributed by atoms with Crippen molar-refractivity contribution >= 4 is 22.6 Å². The summed E-state index contributed by atoms with van der Waals surface area (Å²) < 4.78 is 22.1. The Balaban J connectivity index is 1.60. The van der Waals surface area contributed by atoms with E-state index >= 15 is 0 Å². The van der Waals surface area contributed by atoms with Crippen LogP contribution >= 0.6 is 0 Å². The van der Waals surface area contributed by atoms with Crippen LogP contribution in [0.5, 0.6) is 28.9 Å². The van der Waals surface area contributed by atoms with Crippen molar-refractivity contribution in [1.82, 2.24) is 9.97 Å². The average Bonchev–Trinajstić information content (AvgIpc) is 2.89. The number of nitrogens with zero attached hydrogens (tertiary/aromatic N) is 2. The molecule has 0 unspecified atom stereocenters. The first kappa shape index (κ1) is 25.4. The lowest BCUT2D eigenvalue weighted by Crippen LogP contribution is -2.38. The normalized spacial score (nSPS) is 11.9. The second kappa shape index (κ2) is 10.5. The highest BCUT2D eigenvalue weighted by Gasteiger charge is 2.27. The quantitative estimate of drug-likeness (QED) is 0.288. The van der Waals surface area contributed by atoms with E-state index in [1.807, 2.05) is 0 Å². The molecular formula is C26H25N3O8. The molecule has 11 heteroatoms. The van der Waals surface area contributed by atoms with E-state index in [4.69, 9.17) is 18.9 Å². The summed E-state index contributed by atoms with van der Waals surface area (Å²) in [5, 5.41) is 12.9. The Hall–Kier alpha value is -4.67. The molecule has 0 aliphatic rings. The van der Waals surface area contributed by atoms with Gasteiger partial charge in [0.05, 0.1) is 43.7 Å². The van der Waals surface area contributed by atoms with E-state index in [1.54, 1.807) is 50.2 Å². The van der Waals surface area contributed by atoms with Crippen molar-refractivity contribution in [2.45, 2.75) is 32.4 Å². The first-order valence-corrected chi connectivity index (χ1v) is 11.3. The van der Waals surface area contributed by atoms with E-state index in [2.05, 4.69) is 15.3 Å². The second-order valence-electron chi connectivity index (χ2n) is 8.40. The van der Waals surface area contributed by atoms with Crippen LogP contribution in [-0.4, -0.2) is 41.4 Å². The standard InChI is InChI=1S/C26H25N3O8/c1-13(2)36-25-22(23(32)24(25)33)29-17(11-21(30)31)14-5-7-15(8-6-14)37-26-16-9-19(34-3)20(35-4)10-18(16)27-12-28-26/h5-10,12-13,17,29H,11H2,1-4H3,(H,30,31)/t17-/m1/s1. The van der Waals surface area contributed by atoms with Crippen LogP contribution in [0.4, 0.5) is 5.69 Å². The van der Waals surface area contributed by atoms with Crippen molar-refractivity contribution in [2.75, 3.05) is 19.5 Å². The molecular weight excluding hydrogens is 482 g/mol. The predicted molar refractivity (Wildman–Crippen MR) is 135 cm³/mol. The number of benzene rings is 2. The van der Waals surface area contributed by atoms with E-state index in [0.717, 1.165) is 0 Å². The number of nitrogens with one attached hydrogen (secondary N) is 1. The fourth-order valence-electron chi connectivity index (χ4n) is 3.77. The molecule has 0 amide bonds. The molecule has 1 heterocycles. The fraction of sp³-hybridized carbons (Fsp3) is 0.269. The van der Waals surface area contributed by atoms with Crippen LogP contribution in [0.3, 0.4) is 0 Å². The van der Waals surface area contributed by atoms with Crippen molar-refractivity contribution < 1.29 is 28.8 Å². The molecule has 4 rings (SSSR count). The van der Waals surface area contributed by atoms with E-state index < -0.39 is 22.9 Å². The number of carbonyl (C=O) groups is 1. The van der Waals surface area contributed by atoms with Crippen molar-refractivity contribution in [3.05, 3.63) is 68.7 Å². The molecule has 0 aliphatic heterocycles. The number of hydrogen-bond donors (Lipinski definition) is 2. The number of aliphatic carboxylic acids is 1. The summed E-state index contributed by atoms with van der Waals surface area (Å²) in [5.74, 6) is 0.567. The van der Waals surface area contributed by atoms with Crippen molar-refractivity contribution in [1.29, 1.82) is 0 Å². The van der Waals surface area contributed by atoms with Gasteiger partial charge in [-0.2, -0.15) is 0 Å². The van der Waals surface area contributed by atoms with Gasteiger partial charge in [-0.05, 0) is 37.6 Å². The molecule has 0 fully saturated rings. The number of anilines is 1. The summed E-state index contributed by atoms with van der Waals surface area (Å²) in [7, 11) is 3.05. The van der Waals surface area contributed by atoms with Gasteiger partial charge in [0.2, 0.25) is 5.88 Å². The lowest BCUT2D eigenvalue weighted by atomic mass is 10.0. The SMILES string of the molecule is COc1cc2ncnc(Oc3ccc([C@@H](CC(=O)O)Nc4c(OC(C)C)c(=O)c4=O)cc3)c2cc1OC. The number of aromatic nitrogens is 2. The van der Waals surface area contributed by atoms with Gasteiger partial charge in [-0.15, -0.1) is 0 Å². The van der Waals surface area contributed by atoms with Gasteiger partial charge < -0.3 is 29.4 Å². The predicted octanol–water partition coefficient (Wildman–Crippen LogP) is 3.45. The van der Waals surface area contributed by atoms with Crippen LogP contribution in [0.15, 0.2) is 52.3 Å². The summed E-state index contributed by atoms with van der Waals surface area (Å²) >= 11 is 0. The summed E-state index contributed by atoms with van der Waals surface area (Å²) in [6, 6.07) is 9.26. The Kier molecular flexibility index (Phi) is 7.23. The van der Waals surface area contributed by atoms with E-state index in [1.165, 1.54) is 20.5 Å². The molecule has 0 saturated carbocycles. The lowest BCUT2D eigenvalue weighted by Gasteiger charge is -2.22. The van der Waals surface area contributed by atoms with Crippen LogP contribution < -0.4 is 35.1 Å². The maximum Gasteiger partial charge on any atom is 0.305 e. The van der Waals surface area contributed by atoms with Gasteiger partial charge in [0, 0.05) is 6.07 Å². The number of rotatable bonds is 11. The van der Waals surface area contributed by atoms with Crippen LogP contribution in [0.2, 0.25) is 0 Å². The zero-order chi connectivity index (χ0) is 26.7. The third-order valence-electron chi connectivity index (χ3n) is 5.52. The summed E-state index contributed by atoms with van der Waals surface area (Å²) in [6.45, 7) is 3.45. The second-order valence-corrected chi connectivity index (χ2v) is 8.40. The minimum Gasteiger partial charge on any atom is -0.493 e. The van der Waals surface area contributed by atoms with E-state index in [0.29, 0.717) is 33.7 Å². The van der Waals surface area contributed by atoms with Crippen molar-refractivity contribution in [3.8, 4) is 28.9 Å². The van der Waals surface area contributed by atoms with Crippen molar-refractivity contribution in [3.63, 3.8) is 0 Å². The maximum absolute atomic E-state index is 12.1. The minimum atomic E-state index is -1.08. The minimum absolute atomic E-state index is 0.0258.